The summed E-state index contributed by atoms with van der Waals surface area (Å²) in [7, 11) is 0. The van der Waals surface area contributed by atoms with Crippen LogP contribution in [0.4, 0.5) is 0 Å². The summed E-state index contributed by atoms with van der Waals surface area (Å²) in [4.78, 5) is 14.6. The molecule has 0 unspecified atom stereocenters. The van der Waals surface area contributed by atoms with Crippen molar-refractivity contribution < 1.29 is 4.42 Å². The van der Waals surface area contributed by atoms with E-state index in [1.54, 1.807) is 0 Å². The monoisotopic (exact) mass is 716 g/mol. The average molecular weight is 717 g/mol. The molecule has 11 rings (SSSR count). The van der Waals surface area contributed by atoms with Crippen LogP contribution in [0.1, 0.15) is 0 Å². The minimum atomic E-state index is 0.633. The van der Waals surface area contributed by atoms with E-state index in [2.05, 4.69) is 138 Å². The number of hydrogen-bond acceptors (Lipinski definition) is 4. The van der Waals surface area contributed by atoms with Crippen molar-refractivity contribution in [1.29, 1.82) is 0 Å². The lowest BCUT2D eigenvalue weighted by atomic mass is 10.00. The molecule has 8 aromatic carbocycles. The van der Waals surface area contributed by atoms with E-state index in [4.69, 9.17) is 19.4 Å². The van der Waals surface area contributed by atoms with Crippen molar-refractivity contribution in [2.45, 2.75) is 0 Å². The molecule has 0 radical (unpaired) electrons. The Bertz CT molecular complexity index is 3160. The van der Waals surface area contributed by atoms with Gasteiger partial charge in [0, 0.05) is 43.9 Å². The number of rotatable bonds is 6. The highest BCUT2D eigenvalue weighted by atomic mass is 16.3. The van der Waals surface area contributed by atoms with Crippen LogP contribution in [0.3, 0.4) is 0 Å². The summed E-state index contributed by atoms with van der Waals surface area (Å²) in [6.07, 6.45) is 0. The van der Waals surface area contributed by atoms with E-state index in [1.807, 2.05) is 60.7 Å². The van der Waals surface area contributed by atoms with Gasteiger partial charge in [-0.1, -0.05) is 140 Å². The fraction of sp³-hybridized carbons (Fsp3) is 0. The third-order valence-corrected chi connectivity index (χ3v) is 10.7. The van der Waals surface area contributed by atoms with E-state index in [-0.39, 0.29) is 0 Å². The molecule has 0 amide bonds. The van der Waals surface area contributed by atoms with Crippen LogP contribution < -0.4 is 0 Å². The van der Waals surface area contributed by atoms with Gasteiger partial charge >= 0.3 is 0 Å². The molecule has 0 aliphatic carbocycles. The predicted molar refractivity (Wildman–Crippen MR) is 229 cm³/mol. The smallest absolute Gasteiger partial charge is 0.164 e. The molecule has 0 N–H and O–H groups in total. The second-order valence-corrected chi connectivity index (χ2v) is 14.1. The number of fused-ring (bicyclic) bond motifs is 6. The second-order valence-electron chi connectivity index (χ2n) is 14.1. The Morgan fingerprint density at radius 3 is 1.34 bits per heavy atom. The minimum Gasteiger partial charge on any atom is -0.456 e. The zero-order valence-electron chi connectivity index (χ0n) is 30.2. The Kier molecular flexibility index (Phi) is 7.42. The first kappa shape index (κ1) is 31.9. The maximum absolute atomic E-state index is 6.57. The van der Waals surface area contributed by atoms with Gasteiger partial charge in [0.2, 0.25) is 0 Å². The molecular formula is C51H32N4O. The lowest BCUT2D eigenvalue weighted by Gasteiger charge is -2.09. The van der Waals surface area contributed by atoms with Crippen LogP contribution in [0, 0.1) is 0 Å². The molecule has 11 aromatic rings. The Morgan fingerprint density at radius 1 is 0.304 bits per heavy atom. The van der Waals surface area contributed by atoms with Crippen LogP contribution in [-0.2, 0) is 0 Å². The lowest BCUT2D eigenvalue weighted by molar-refractivity contribution is 0.669. The van der Waals surface area contributed by atoms with E-state index >= 15 is 0 Å². The summed E-state index contributed by atoms with van der Waals surface area (Å²) in [6.45, 7) is 0. The molecule has 5 heteroatoms. The second kappa shape index (κ2) is 13.0. The minimum absolute atomic E-state index is 0.633. The van der Waals surface area contributed by atoms with Gasteiger partial charge in [0.05, 0.1) is 11.0 Å². The first-order valence-electron chi connectivity index (χ1n) is 18.8. The topological polar surface area (TPSA) is 56.7 Å². The van der Waals surface area contributed by atoms with Gasteiger partial charge in [0.15, 0.2) is 17.5 Å². The summed E-state index contributed by atoms with van der Waals surface area (Å²) in [5, 5.41) is 4.66. The normalized spacial score (nSPS) is 11.6. The predicted octanol–water partition coefficient (Wildman–Crippen LogP) is 13.2. The largest absolute Gasteiger partial charge is 0.456 e. The van der Waals surface area contributed by atoms with Crippen molar-refractivity contribution in [3.05, 3.63) is 194 Å². The van der Waals surface area contributed by atoms with Crippen molar-refractivity contribution in [1.82, 2.24) is 19.5 Å². The van der Waals surface area contributed by atoms with Crippen molar-refractivity contribution in [2.75, 3.05) is 0 Å². The van der Waals surface area contributed by atoms with E-state index in [0.29, 0.717) is 17.5 Å². The summed E-state index contributed by atoms with van der Waals surface area (Å²) in [6, 6.07) is 67.5. The van der Waals surface area contributed by atoms with Crippen molar-refractivity contribution in [2.24, 2.45) is 0 Å². The fourth-order valence-electron chi connectivity index (χ4n) is 7.89. The molecular weight excluding hydrogens is 685 g/mol. The molecule has 0 aliphatic rings. The third-order valence-electron chi connectivity index (χ3n) is 10.7. The molecule has 5 nitrogen and oxygen atoms in total. The fourth-order valence-corrected chi connectivity index (χ4v) is 7.89. The van der Waals surface area contributed by atoms with E-state index in [1.165, 1.54) is 21.8 Å². The van der Waals surface area contributed by atoms with Gasteiger partial charge in [-0.15, -0.1) is 0 Å². The molecule has 0 bridgehead atoms. The third kappa shape index (κ3) is 5.45. The van der Waals surface area contributed by atoms with E-state index in [9.17, 15) is 0 Å². The standard InChI is InChI=1S/C51H32N4O/c1-4-12-34(13-5-1)49-52-50(35-14-6-2-7-15-35)54-51(53-49)36-22-20-33(21-23-36)38-24-27-42-43-28-25-39(32-48(43)56-47(42)31-38)37-26-29-46-44(30-37)41-18-10-11-19-45(41)55(46)40-16-8-3-9-17-40/h1-32H. The van der Waals surface area contributed by atoms with Gasteiger partial charge in [0.1, 0.15) is 11.2 Å². The van der Waals surface area contributed by atoms with Crippen molar-refractivity contribution in [3.63, 3.8) is 0 Å². The van der Waals surface area contributed by atoms with Gasteiger partial charge in [0.25, 0.3) is 0 Å². The number of hydrogen-bond donors (Lipinski definition) is 0. The maximum atomic E-state index is 6.57. The Hall–Kier alpha value is -7.63. The molecule has 0 fully saturated rings. The summed E-state index contributed by atoms with van der Waals surface area (Å²) >= 11 is 0. The number of aromatic nitrogens is 4. The highest BCUT2D eigenvalue weighted by Gasteiger charge is 2.16. The quantitative estimate of drug-likeness (QED) is 0.172. The Morgan fingerprint density at radius 2 is 0.732 bits per heavy atom. The SMILES string of the molecule is c1ccc(-c2nc(-c3ccccc3)nc(-c3ccc(-c4ccc5c(c4)oc4cc(-c6ccc7c(c6)c6ccccc6n7-c6ccccc6)ccc45)cc3)n2)cc1. The molecule has 3 aromatic heterocycles. The molecule has 0 spiro atoms. The van der Waals surface area contributed by atoms with Crippen LogP contribution in [0.15, 0.2) is 199 Å². The van der Waals surface area contributed by atoms with Crippen LogP contribution in [0.2, 0.25) is 0 Å². The zero-order chi connectivity index (χ0) is 37.0. The average Bonchev–Trinajstić information content (AvgIpc) is 3.81. The molecule has 262 valence electrons. The van der Waals surface area contributed by atoms with Crippen LogP contribution >= 0.6 is 0 Å². The summed E-state index contributed by atoms with van der Waals surface area (Å²) < 4.78 is 8.91. The van der Waals surface area contributed by atoms with E-state index in [0.717, 1.165) is 66.6 Å². The van der Waals surface area contributed by atoms with Crippen LogP contribution in [-0.4, -0.2) is 19.5 Å². The Balaban J connectivity index is 0.930. The molecule has 56 heavy (non-hydrogen) atoms. The molecule has 0 saturated heterocycles. The number of nitrogens with zero attached hydrogens (tertiary/aromatic N) is 4. The van der Waals surface area contributed by atoms with Crippen LogP contribution in [0.25, 0.3) is 106 Å². The van der Waals surface area contributed by atoms with Gasteiger partial charge < -0.3 is 8.98 Å². The summed E-state index contributed by atoms with van der Waals surface area (Å²) in [5.41, 5.74) is 12.5. The highest BCUT2D eigenvalue weighted by molar-refractivity contribution is 6.11. The van der Waals surface area contributed by atoms with Gasteiger partial charge in [-0.3, -0.25) is 0 Å². The molecule has 0 atom stereocenters. The highest BCUT2D eigenvalue weighted by Crippen LogP contribution is 2.38. The van der Waals surface area contributed by atoms with Crippen LogP contribution in [0.5, 0.6) is 0 Å². The summed E-state index contributed by atoms with van der Waals surface area (Å²) in [5.74, 6) is 1.93. The van der Waals surface area contributed by atoms with Gasteiger partial charge in [-0.25, -0.2) is 15.0 Å². The lowest BCUT2D eigenvalue weighted by Crippen LogP contribution is -2.00. The number of benzene rings is 8. The first-order valence-corrected chi connectivity index (χ1v) is 18.8. The van der Waals surface area contributed by atoms with E-state index < -0.39 is 0 Å². The Labute approximate surface area is 322 Å². The van der Waals surface area contributed by atoms with Crippen molar-refractivity contribution >= 4 is 43.7 Å². The zero-order valence-corrected chi connectivity index (χ0v) is 30.2. The first-order chi connectivity index (χ1) is 27.7. The van der Waals surface area contributed by atoms with Crippen molar-refractivity contribution in [3.8, 4) is 62.1 Å². The maximum Gasteiger partial charge on any atom is 0.164 e. The molecule has 0 saturated carbocycles. The molecule has 3 heterocycles. The number of para-hydroxylation sites is 2. The van der Waals surface area contributed by atoms with Gasteiger partial charge in [-0.2, -0.15) is 0 Å². The van der Waals surface area contributed by atoms with Gasteiger partial charge in [-0.05, 0) is 76.9 Å². The number of furan rings is 1. The molecule has 0 aliphatic heterocycles.